The van der Waals surface area contributed by atoms with Gasteiger partial charge >= 0.3 is 0 Å². The van der Waals surface area contributed by atoms with Gasteiger partial charge in [0.15, 0.2) is 0 Å². The second-order valence-electron chi connectivity index (χ2n) is 2.30. The summed E-state index contributed by atoms with van der Waals surface area (Å²) >= 11 is 0. The van der Waals surface area contributed by atoms with E-state index in [0.29, 0.717) is 13.2 Å². The Morgan fingerprint density at radius 3 is 2.75 bits per heavy atom. The van der Waals surface area contributed by atoms with Gasteiger partial charge in [-0.15, -0.1) is 0 Å². The van der Waals surface area contributed by atoms with Crippen molar-refractivity contribution in [2.24, 2.45) is 5.16 Å². The molecule has 64 valence electrons. The van der Waals surface area contributed by atoms with Gasteiger partial charge in [0.1, 0.15) is 0 Å². The first-order valence-electron chi connectivity index (χ1n) is 3.71. The van der Waals surface area contributed by atoms with Gasteiger partial charge in [0.2, 0.25) is 0 Å². The number of nitrogens with zero attached hydrogens (tertiary/aromatic N) is 1. The van der Waals surface area contributed by atoms with Crippen molar-refractivity contribution in [3.63, 3.8) is 0 Å². The molecule has 0 spiro atoms. The van der Waals surface area contributed by atoms with Gasteiger partial charge in [0.05, 0.1) is 19.4 Å². The Hall–Kier alpha value is -1.35. The van der Waals surface area contributed by atoms with Gasteiger partial charge in [-0.1, -0.05) is 35.5 Å². The Labute approximate surface area is 71.3 Å². The molecule has 0 heterocycles. The van der Waals surface area contributed by atoms with E-state index in [1.807, 2.05) is 30.3 Å². The van der Waals surface area contributed by atoms with Gasteiger partial charge in [-0.2, -0.15) is 0 Å². The summed E-state index contributed by atoms with van der Waals surface area (Å²) in [6, 6.07) is 9.84. The predicted molar refractivity (Wildman–Crippen MR) is 46.4 cm³/mol. The van der Waals surface area contributed by atoms with Gasteiger partial charge in [0.25, 0.3) is 0 Å². The fraction of sp³-hybridized carbons (Fsp3) is 0.222. The highest BCUT2D eigenvalue weighted by atomic mass is 16.5. The Morgan fingerprint density at radius 2 is 2.08 bits per heavy atom. The Bertz CT molecular complexity index is 234. The van der Waals surface area contributed by atoms with E-state index in [4.69, 9.17) is 9.94 Å². The average molecular weight is 165 g/mol. The highest BCUT2D eigenvalue weighted by Gasteiger charge is 1.88. The summed E-state index contributed by atoms with van der Waals surface area (Å²) in [5.41, 5.74) is 1.11. The van der Waals surface area contributed by atoms with Crippen LogP contribution in [0, 0.1) is 0 Å². The maximum atomic E-state index is 8.05. The van der Waals surface area contributed by atoms with Gasteiger partial charge in [-0.25, -0.2) is 0 Å². The van der Waals surface area contributed by atoms with Crippen LogP contribution in [-0.4, -0.2) is 18.0 Å². The van der Waals surface area contributed by atoms with Crippen LogP contribution in [0.1, 0.15) is 5.56 Å². The molecule has 0 amide bonds. The third-order valence-corrected chi connectivity index (χ3v) is 1.39. The van der Waals surface area contributed by atoms with E-state index in [9.17, 15) is 0 Å². The van der Waals surface area contributed by atoms with Crippen LogP contribution in [0.5, 0.6) is 0 Å². The molecule has 0 aliphatic heterocycles. The van der Waals surface area contributed by atoms with Crippen molar-refractivity contribution in [3.8, 4) is 0 Å². The Morgan fingerprint density at radius 1 is 1.33 bits per heavy atom. The molecular formula is C9H11NO2. The highest BCUT2D eigenvalue weighted by Crippen LogP contribution is 1.99. The van der Waals surface area contributed by atoms with Crippen LogP contribution in [0.4, 0.5) is 0 Å². The van der Waals surface area contributed by atoms with E-state index < -0.39 is 0 Å². The molecule has 0 unspecified atom stereocenters. The zero-order chi connectivity index (χ0) is 8.65. The number of oxime groups is 1. The molecule has 0 fully saturated rings. The summed E-state index contributed by atoms with van der Waals surface area (Å²) in [5.74, 6) is 0. The number of rotatable bonds is 4. The van der Waals surface area contributed by atoms with Gasteiger partial charge in [-0.05, 0) is 5.56 Å². The maximum absolute atomic E-state index is 8.05. The van der Waals surface area contributed by atoms with Crippen LogP contribution in [0.2, 0.25) is 0 Å². The lowest BCUT2D eigenvalue weighted by Crippen LogP contribution is -1.95. The van der Waals surface area contributed by atoms with E-state index in [0.717, 1.165) is 5.56 Å². The largest absolute Gasteiger partial charge is 0.411 e. The van der Waals surface area contributed by atoms with E-state index in [2.05, 4.69) is 5.16 Å². The molecule has 3 heteroatoms. The smallest absolute Gasteiger partial charge is 0.0856 e. The summed E-state index contributed by atoms with van der Waals surface area (Å²) in [7, 11) is 0. The monoisotopic (exact) mass is 165 g/mol. The van der Waals surface area contributed by atoms with E-state index in [1.54, 1.807) is 0 Å². The first-order valence-corrected chi connectivity index (χ1v) is 3.71. The van der Waals surface area contributed by atoms with Crippen LogP contribution in [0.3, 0.4) is 0 Å². The zero-order valence-electron chi connectivity index (χ0n) is 6.68. The van der Waals surface area contributed by atoms with Crippen molar-refractivity contribution >= 4 is 6.21 Å². The molecule has 0 saturated carbocycles. The third kappa shape index (κ3) is 3.16. The normalized spacial score (nSPS) is 10.7. The fourth-order valence-corrected chi connectivity index (χ4v) is 0.837. The maximum Gasteiger partial charge on any atom is 0.0856 e. The molecule has 0 aliphatic carbocycles. The minimum absolute atomic E-state index is 0.339. The van der Waals surface area contributed by atoms with E-state index in [1.165, 1.54) is 6.21 Å². The van der Waals surface area contributed by atoms with Gasteiger partial charge < -0.3 is 9.94 Å². The van der Waals surface area contributed by atoms with Crippen molar-refractivity contribution in [1.29, 1.82) is 0 Å². The molecule has 1 rings (SSSR count). The molecule has 1 aromatic rings. The predicted octanol–water partition coefficient (Wildman–Crippen LogP) is 1.66. The van der Waals surface area contributed by atoms with Crippen LogP contribution in [0.15, 0.2) is 35.5 Å². The van der Waals surface area contributed by atoms with Crippen LogP contribution in [-0.2, 0) is 11.3 Å². The molecule has 0 atom stereocenters. The molecule has 1 N–H and O–H groups in total. The van der Waals surface area contributed by atoms with Gasteiger partial charge in [-0.3, -0.25) is 0 Å². The molecule has 3 nitrogen and oxygen atoms in total. The molecule has 0 radical (unpaired) electrons. The zero-order valence-corrected chi connectivity index (χ0v) is 6.68. The topological polar surface area (TPSA) is 41.8 Å². The second kappa shape index (κ2) is 5.32. The summed E-state index contributed by atoms with van der Waals surface area (Å²) in [6.07, 6.45) is 1.31. The Balaban J connectivity index is 2.24. The minimum atomic E-state index is 0.339. The minimum Gasteiger partial charge on any atom is -0.411 e. The van der Waals surface area contributed by atoms with Crippen LogP contribution < -0.4 is 0 Å². The lowest BCUT2D eigenvalue weighted by Gasteiger charge is -1.99. The highest BCUT2D eigenvalue weighted by molar-refractivity contribution is 5.57. The van der Waals surface area contributed by atoms with Gasteiger partial charge in [0, 0.05) is 0 Å². The summed E-state index contributed by atoms with van der Waals surface area (Å²) in [5, 5.41) is 10.9. The van der Waals surface area contributed by atoms with E-state index in [-0.39, 0.29) is 0 Å². The number of ether oxygens (including phenoxy) is 1. The second-order valence-corrected chi connectivity index (χ2v) is 2.30. The standard InChI is InChI=1S/C9H11NO2/c11-10-6-7-12-8-9-4-2-1-3-5-9/h1-6,11H,7-8H2. The van der Waals surface area contributed by atoms with Crippen molar-refractivity contribution in [2.75, 3.05) is 6.61 Å². The number of hydrogen-bond acceptors (Lipinski definition) is 3. The molecule has 0 aliphatic rings. The SMILES string of the molecule is ON=CCOCc1ccccc1. The van der Waals surface area contributed by atoms with Crippen molar-refractivity contribution < 1.29 is 9.94 Å². The Kier molecular flexibility index (Phi) is 3.88. The lowest BCUT2D eigenvalue weighted by molar-refractivity contribution is 0.158. The molecule has 12 heavy (non-hydrogen) atoms. The fourth-order valence-electron chi connectivity index (χ4n) is 0.837. The molecule has 0 saturated heterocycles. The van der Waals surface area contributed by atoms with Crippen LogP contribution >= 0.6 is 0 Å². The van der Waals surface area contributed by atoms with Crippen molar-refractivity contribution in [3.05, 3.63) is 35.9 Å². The lowest BCUT2D eigenvalue weighted by atomic mass is 10.2. The molecule has 0 bridgehead atoms. The quantitative estimate of drug-likeness (QED) is 0.319. The summed E-state index contributed by atoms with van der Waals surface area (Å²) < 4.78 is 5.15. The summed E-state index contributed by atoms with van der Waals surface area (Å²) in [4.78, 5) is 0. The number of benzene rings is 1. The van der Waals surface area contributed by atoms with Crippen molar-refractivity contribution in [2.45, 2.75) is 6.61 Å². The first-order chi connectivity index (χ1) is 5.93. The molecular weight excluding hydrogens is 154 g/mol. The van der Waals surface area contributed by atoms with E-state index >= 15 is 0 Å². The van der Waals surface area contributed by atoms with Crippen molar-refractivity contribution in [1.82, 2.24) is 0 Å². The number of hydrogen-bond donors (Lipinski definition) is 1. The molecule has 1 aromatic carbocycles. The average Bonchev–Trinajstić information content (AvgIpc) is 2.14. The molecule has 0 aromatic heterocycles. The third-order valence-electron chi connectivity index (χ3n) is 1.39. The first kappa shape index (κ1) is 8.74. The van der Waals surface area contributed by atoms with Crippen LogP contribution in [0.25, 0.3) is 0 Å². The summed E-state index contributed by atoms with van der Waals surface area (Å²) in [6.45, 7) is 0.887.